The largest absolute Gasteiger partial charge is 0.380 e. The number of anilines is 1. The highest BCUT2D eigenvalue weighted by Crippen LogP contribution is 2.55. The molecule has 0 bridgehead atoms. The number of hydrogen-bond donors (Lipinski definition) is 1. The van der Waals surface area contributed by atoms with Crippen LogP contribution in [-0.4, -0.2) is 23.7 Å². The summed E-state index contributed by atoms with van der Waals surface area (Å²) in [6, 6.07) is 4.37. The van der Waals surface area contributed by atoms with Crippen molar-refractivity contribution in [1.82, 2.24) is 4.98 Å². The summed E-state index contributed by atoms with van der Waals surface area (Å²) >= 11 is 5.82. The molecule has 2 fully saturated rings. The second-order valence-electron chi connectivity index (χ2n) is 5.69. The van der Waals surface area contributed by atoms with Gasteiger partial charge in [-0.25, -0.2) is 4.98 Å². The van der Waals surface area contributed by atoms with Crippen molar-refractivity contribution in [3.8, 4) is 0 Å². The number of ether oxygens (including phenoxy) is 1. The number of nitrogens with zero attached hydrogens (tertiary/aromatic N) is 1. The van der Waals surface area contributed by atoms with Gasteiger partial charge in [0.2, 0.25) is 0 Å². The number of halogens is 1. The fourth-order valence-electron chi connectivity index (χ4n) is 3.75. The van der Waals surface area contributed by atoms with Gasteiger partial charge in [-0.2, -0.15) is 0 Å². The lowest BCUT2D eigenvalue weighted by Gasteiger charge is -2.54. The van der Waals surface area contributed by atoms with Crippen LogP contribution in [0.1, 0.15) is 39.0 Å². The predicted molar refractivity (Wildman–Crippen MR) is 77.6 cm³/mol. The second kappa shape index (κ2) is 5.29. The van der Waals surface area contributed by atoms with Crippen LogP contribution in [0.2, 0.25) is 5.15 Å². The average Bonchev–Trinajstić information content (AvgIpc) is 2.92. The van der Waals surface area contributed by atoms with Gasteiger partial charge in [0.25, 0.3) is 0 Å². The minimum atomic E-state index is 0.357. The Bertz CT molecular complexity index is 428. The quantitative estimate of drug-likeness (QED) is 0.850. The van der Waals surface area contributed by atoms with Crippen LogP contribution in [0.25, 0.3) is 0 Å². The Kier molecular flexibility index (Phi) is 3.68. The summed E-state index contributed by atoms with van der Waals surface area (Å²) < 4.78 is 5.93. The van der Waals surface area contributed by atoms with Gasteiger partial charge in [-0.05, 0) is 38.3 Å². The molecule has 2 unspecified atom stereocenters. The summed E-state index contributed by atoms with van der Waals surface area (Å²) in [5.41, 5.74) is 1.42. The number of aromatic nitrogens is 1. The van der Waals surface area contributed by atoms with Gasteiger partial charge in [0.15, 0.2) is 0 Å². The van der Waals surface area contributed by atoms with Crippen molar-refractivity contribution in [3.63, 3.8) is 0 Å². The normalized spacial score (nSPS) is 28.3. The highest BCUT2D eigenvalue weighted by molar-refractivity contribution is 6.29. The number of rotatable bonds is 4. The molecular formula is C15H21ClN2O. The van der Waals surface area contributed by atoms with E-state index in [1.807, 2.05) is 18.3 Å². The zero-order valence-electron chi connectivity index (χ0n) is 11.4. The summed E-state index contributed by atoms with van der Waals surface area (Å²) in [5.74, 6) is 0. The van der Waals surface area contributed by atoms with E-state index in [1.165, 1.54) is 25.7 Å². The summed E-state index contributed by atoms with van der Waals surface area (Å²) in [6.45, 7) is 2.91. The molecule has 1 aromatic rings. The molecule has 1 aromatic heterocycles. The van der Waals surface area contributed by atoms with E-state index in [9.17, 15) is 0 Å². The molecule has 1 spiro atoms. The van der Waals surface area contributed by atoms with E-state index in [0.717, 1.165) is 18.7 Å². The molecule has 0 aliphatic heterocycles. The minimum Gasteiger partial charge on any atom is -0.380 e. The summed E-state index contributed by atoms with van der Waals surface area (Å²) in [4.78, 5) is 4.13. The number of hydrogen-bond acceptors (Lipinski definition) is 3. The number of nitrogens with one attached hydrogen (secondary N) is 1. The van der Waals surface area contributed by atoms with Crippen LogP contribution in [0.4, 0.5) is 5.69 Å². The molecule has 0 saturated heterocycles. The van der Waals surface area contributed by atoms with E-state index in [2.05, 4.69) is 17.2 Å². The van der Waals surface area contributed by atoms with Gasteiger partial charge < -0.3 is 10.1 Å². The highest BCUT2D eigenvalue weighted by Gasteiger charge is 2.56. The standard InChI is InChI=1S/C15H21ClN2O/c1-2-19-13-9-12(15(13)7-3-4-8-15)18-11-5-6-14(16)17-10-11/h5-6,10,12-13,18H,2-4,7-9H2,1H3. The summed E-state index contributed by atoms with van der Waals surface area (Å²) in [5, 5.41) is 4.17. The molecule has 104 valence electrons. The molecule has 2 saturated carbocycles. The second-order valence-corrected chi connectivity index (χ2v) is 6.07. The van der Waals surface area contributed by atoms with Gasteiger partial charge in [-0.15, -0.1) is 0 Å². The Hall–Kier alpha value is -0.800. The first-order valence-corrected chi connectivity index (χ1v) is 7.62. The summed E-state index contributed by atoms with van der Waals surface area (Å²) in [6.07, 6.45) is 8.61. The van der Waals surface area contributed by atoms with Crippen LogP contribution in [0.3, 0.4) is 0 Å². The van der Waals surface area contributed by atoms with Crippen LogP contribution in [-0.2, 0) is 4.74 Å². The molecule has 4 heteroatoms. The Labute approximate surface area is 119 Å². The lowest BCUT2D eigenvalue weighted by molar-refractivity contribution is -0.114. The van der Waals surface area contributed by atoms with E-state index in [1.54, 1.807) is 0 Å². The Morgan fingerprint density at radius 1 is 1.42 bits per heavy atom. The van der Waals surface area contributed by atoms with Gasteiger partial charge in [0, 0.05) is 18.1 Å². The fraction of sp³-hybridized carbons (Fsp3) is 0.667. The lowest BCUT2D eigenvalue weighted by Crippen LogP contribution is -2.60. The van der Waals surface area contributed by atoms with Crippen LogP contribution in [0.15, 0.2) is 18.3 Å². The predicted octanol–water partition coefficient (Wildman–Crippen LogP) is 3.88. The lowest BCUT2D eigenvalue weighted by atomic mass is 9.60. The number of pyridine rings is 1. The minimum absolute atomic E-state index is 0.357. The van der Waals surface area contributed by atoms with Crippen LogP contribution in [0.5, 0.6) is 0 Å². The third-order valence-corrected chi connectivity index (χ3v) is 4.98. The molecule has 2 aliphatic rings. The molecule has 2 atom stereocenters. The van der Waals surface area contributed by atoms with Crippen molar-refractivity contribution in [2.24, 2.45) is 5.41 Å². The molecule has 1 heterocycles. The van der Waals surface area contributed by atoms with E-state index in [4.69, 9.17) is 16.3 Å². The average molecular weight is 281 g/mol. The van der Waals surface area contributed by atoms with Crippen molar-refractivity contribution in [2.75, 3.05) is 11.9 Å². The molecule has 0 radical (unpaired) electrons. The first kappa shape index (κ1) is 13.2. The third-order valence-electron chi connectivity index (χ3n) is 4.76. The Morgan fingerprint density at radius 2 is 2.21 bits per heavy atom. The highest BCUT2D eigenvalue weighted by atomic mass is 35.5. The van der Waals surface area contributed by atoms with Gasteiger partial charge in [0.1, 0.15) is 5.15 Å². The van der Waals surface area contributed by atoms with Gasteiger partial charge in [-0.3, -0.25) is 0 Å². The molecule has 1 N–H and O–H groups in total. The van der Waals surface area contributed by atoms with Crippen molar-refractivity contribution in [3.05, 3.63) is 23.5 Å². The van der Waals surface area contributed by atoms with Crippen molar-refractivity contribution < 1.29 is 4.74 Å². The molecule has 3 rings (SSSR count). The maximum Gasteiger partial charge on any atom is 0.129 e. The molecular weight excluding hydrogens is 260 g/mol. The first-order chi connectivity index (χ1) is 9.24. The van der Waals surface area contributed by atoms with Crippen LogP contribution >= 0.6 is 11.6 Å². The monoisotopic (exact) mass is 280 g/mol. The third kappa shape index (κ3) is 2.34. The molecule has 2 aliphatic carbocycles. The Morgan fingerprint density at radius 3 is 2.84 bits per heavy atom. The van der Waals surface area contributed by atoms with E-state index >= 15 is 0 Å². The maximum absolute atomic E-state index is 5.93. The molecule has 19 heavy (non-hydrogen) atoms. The van der Waals surface area contributed by atoms with Crippen molar-refractivity contribution >= 4 is 17.3 Å². The van der Waals surface area contributed by atoms with E-state index < -0.39 is 0 Å². The maximum atomic E-state index is 5.93. The van der Waals surface area contributed by atoms with Crippen LogP contribution in [0, 0.1) is 5.41 Å². The topological polar surface area (TPSA) is 34.1 Å². The SMILES string of the molecule is CCOC1CC(Nc2ccc(Cl)nc2)C12CCCC2. The van der Waals surface area contributed by atoms with Gasteiger partial charge in [0.05, 0.1) is 18.0 Å². The van der Waals surface area contributed by atoms with E-state index in [0.29, 0.717) is 22.7 Å². The zero-order valence-corrected chi connectivity index (χ0v) is 12.1. The summed E-state index contributed by atoms with van der Waals surface area (Å²) in [7, 11) is 0. The molecule has 3 nitrogen and oxygen atoms in total. The molecule has 0 aromatic carbocycles. The first-order valence-electron chi connectivity index (χ1n) is 7.24. The smallest absolute Gasteiger partial charge is 0.129 e. The van der Waals surface area contributed by atoms with Crippen molar-refractivity contribution in [1.29, 1.82) is 0 Å². The molecule has 0 amide bonds. The van der Waals surface area contributed by atoms with E-state index in [-0.39, 0.29) is 0 Å². The van der Waals surface area contributed by atoms with Gasteiger partial charge >= 0.3 is 0 Å². The van der Waals surface area contributed by atoms with Crippen LogP contribution < -0.4 is 5.32 Å². The zero-order chi connectivity index (χ0) is 13.3. The fourth-order valence-corrected chi connectivity index (χ4v) is 3.86. The van der Waals surface area contributed by atoms with Gasteiger partial charge in [-0.1, -0.05) is 24.4 Å². The Balaban J connectivity index is 1.70. The van der Waals surface area contributed by atoms with Crippen molar-refractivity contribution in [2.45, 2.75) is 51.2 Å².